The van der Waals surface area contributed by atoms with Crippen LogP contribution in [-0.2, 0) is 12.8 Å². The Balaban J connectivity index is 1.17. The lowest BCUT2D eigenvalue weighted by molar-refractivity contribution is 0.200. The smallest absolute Gasteiger partial charge is 0.223 e. The van der Waals surface area contributed by atoms with Gasteiger partial charge in [0.2, 0.25) is 5.95 Å². The summed E-state index contributed by atoms with van der Waals surface area (Å²) >= 11 is 1.55. The molecule has 2 aromatic heterocycles. The number of thiazole rings is 1. The van der Waals surface area contributed by atoms with Gasteiger partial charge < -0.3 is 20.1 Å². The Morgan fingerprint density at radius 2 is 1.64 bits per heavy atom. The Labute approximate surface area is 213 Å². The predicted octanol–water partition coefficient (Wildman–Crippen LogP) is 3.80. The summed E-state index contributed by atoms with van der Waals surface area (Å²) in [5, 5.41) is 0.977. The quantitative estimate of drug-likeness (QED) is 0.365. The van der Waals surface area contributed by atoms with E-state index in [4.69, 9.17) is 20.2 Å². The van der Waals surface area contributed by atoms with E-state index < -0.39 is 0 Å². The van der Waals surface area contributed by atoms with E-state index in [1.807, 2.05) is 36.4 Å². The van der Waals surface area contributed by atoms with Gasteiger partial charge in [-0.05, 0) is 48.4 Å². The van der Waals surface area contributed by atoms with Gasteiger partial charge in [-0.2, -0.15) is 4.98 Å². The number of methoxy groups -OCH3 is 1. The summed E-state index contributed by atoms with van der Waals surface area (Å²) in [7, 11) is 1.65. The lowest BCUT2D eigenvalue weighted by Gasteiger charge is -2.35. The van der Waals surface area contributed by atoms with Crippen LogP contribution in [0.2, 0.25) is 0 Å². The number of benzene rings is 2. The molecule has 1 aliphatic rings. The first-order valence-electron chi connectivity index (χ1n) is 12.0. The van der Waals surface area contributed by atoms with Crippen molar-refractivity contribution in [3.8, 4) is 11.5 Å². The molecule has 0 atom stereocenters. The number of piperazine rings is 1. The Hall–Kier alpha value is -3.50. The number of nitrogens with two attached hydrogens (primary N) is 1. The van der Waals surface area contributed by atoms with Crippen molar-refractivity contribution in [1.29, 1.82) is 0 Å². The van der Waals surface area contributed by atoms with Crippen LogP contribution in [0, 0.1) is 5.82 Å². The maximum Gasteiger partial charge on any atom is 0.223 e. The Morgan fingerprint density at radius 3 is 2.36 bits per heavy atom. The Bertz CT molecular complexity index is 1290. The lowest BCUT2D eigenvalue weighted by atomic mass is 10.1. The van der Waals surface area contributed by atoms with E-state index in [1.54, 1.807) is 18.4 Å². The van der Waals surface area contributed by atoms with Crippen molar-refractivity contribution in [3.05, 3.63) is 64.9 Å². The second-order valence-corrected chi connectivity index (χ2v) is 9.71. The summed E-state index contributed by atoms with van der Waals surface area (Å²) in [5.41, 5.74) is 7.93. The average molecular weight is 509 g/mol. The lowest BCUT2D eigenvalue weighted by Crippen LogP contribution is -2.47. The summed E-state index contributed by atoms with van der Waals surface area (Å²) < 4.78 is 24.2. The minimum Gasteiger partial charge on any atom is -0.497 e. The van der Waals surface area contributed by atoms with Gasteiger partial charge >= 0.3 is 0 Å². The van der Waals surface area contributed by atoms with Crippen molar-refractivity contribution in [2.24, 2.45) is 0 Å². The van der Waals surface area contributed by atoms with Crippen LogP contribution >= 0.6 is 11.3 Å². The van der Waals surface area contributed by atoms with E-state index in [9.17, 15) is 4.39 Å². The third kappa shape index (κ3) is 5.83. The standard InChI is InChI=1S/C26H29FN6O2S/c1-34-20-7-9-21(10-8-20)35-17-16-32-12-14-33(15-13-32)24-23-25(31-26(28)30-24)36-22(29-23)11-4-18-2-5-19(27)6-3-18/h2-3,5-10H,4,11-17H2,1H3,(H2,28,30,31). The highest BCUT2D eigenvalue weighted by atomic mass is 32.1. The zero-order valence-corrected chi connectivity index (χ0v) is 21.0. The SMILES string of the molecule is COc1ccc(OCCN2CCN(c3nc(N)nc4sc(CCc5ccc(F)cc5)nc34)CC2)cc1. The molecule has 36 heavy (non-hydrogen) atoms. The monoisotopic (exact) mass is 508 g/mol. The summed E-state index contributed by atoms with van der Waals surface area (Å²) in [4.78, 5) is 19.3. The number of nitrogen functional groups attached to an aromatic ring is 1. The van der Waals surface area contributed by atoms with Crippen molar-refractivity contribution in [3.63, 3.8) is 0 Å². The number of hydrogen-bond donors (Lipinski definition) is 1. The number of ether oxygens (including phenoxy) is 2. The number of rotatable bonds is 9. The normalized spacial score (nSPS) is 14.3. The number of fused-ring (bicyclic) bond motifs is 1. The summed E-state index contributed by atoms with van der Waals surface area (Å²) in [6.45, 7) is 4.94. The zero-order chi connectivity index (χ0) is 24.9. The topological polar surface area (TPSA) is 89.6 Å². The summed E-state index contributed by atoms with van der Waals surface area (Å²) in [6.07, 6.45) is 1.55. The number of anilines is 2. The fourth-order valence-electron chi connectivity index (χ4n) is 4.24. The van der Waals surface area contributed by atoms with Crippen LogP contribution in [0.25, 0.3) is 10.3 Å². The minimum absolute atomic E-state index is 0.223. The summed E-state index contributed by atoms with van der Waals surface area (Å²) in [5.74, 6) is 2.50. The van der Waals surface area contributed by atoms with Crippen molar-refractivity contribution in [2.75, 3.05) is 57.1 Å². The average Bonchev–Trinajstić information content (AvgIpc) is 3.31. The van der Waals surface area contributed by atoms with Crippen LogP contribution in [0.4, 0.5) is 16.2 Å². The molecular weight excluding hydrogens is 479 g/mol. The second kappa shape index (κ2) is 11.0. The molecule has 0 aliphatic carbocycles. The number of aromatic nitrogens is 3. The number of halogens is 1. The van der Waals surface area contributed by atoms with E-state index in [0.29, 0.717) is 6.61 Å². The second-order valence-electron chi connectivity index (χ2n) is 8.65. The van der Waals surface area contributed by atoms with Crippen LogP contribution in [0.5, 0.6) is 11.5 Å². The van der Waals surface area contributed by atoms with Crippen molar-refractivity contribution >= 4 is 33.5 Å². The molecule has 2 N–H and O–H groups in total. The molecule has 188 valence electrons. The van der Waals surface area contributed by atoms with Gasteiger partial charge in [0.15, 0.2) is 10.6 Å². The third-order valence-corrected chi connectivity index (χ3v) is 7.26. The van der Waals surface area contributed by atoms with E-state index in [-0.39, 0.29) is 11.8 Å². The number of nitrogens with zero attached hydrogens (tertiary/aromatic N) is 5. The molecule has 1 fully saturated rings. The molecule has 2 aromatic carbocycles. The summed E-state index contributed by atoms with van der Waals surface area (Å²) in [6, 6.07) is 14.2. The molecule has 0 spiro atoms. The predicted molar refractivity (Wildman–Crippen MR) is 141 cm³/mol. The molecule has 8 nitrogen and oxygen atoms in total. The maximum atomic E-state index is 13.2. The first kappa shape index (κ1) is 24.2. The Kier molecular flexibility index (Phi) is 7.43. The van der Waals surface area contributed by atoms with E-state index >= 15 is 0 Å². The number of hydrogen-bond acceptors (Lipinski definition) is 9. The fraction of sp³-hybridized carbons (Fsp3) is 0.346. The highest BCUT2D eigenvalue weighted by Crippen LogP contribution is 2.30. The highest BCUT2D eigenvalue weighted by molar-refractivity contribution is 7.18. The molecule has 0 saturated carbocycles. The molecule has 1 aliphatic heterocycles. The van der Waals surface area contributed by atoms with Crippen molar-refractivity contribution in [1.82, 2.24) is 19.9 Å². The molecule has 5 rings (SSSR count). The minimum atomic E-state index is -0.223. The third-order valence-electron chi connectivity index (χ3n) is 6.25. The molecule has 4 aromatic rings. The largest absolute Gasteiger partial charge is 0.497 e. The maximum absolute atomic E-state index is 13.2. The van der Waals surface area contributed by atoms with Gasteiger partial charge in [0.25, 0.3) is 0 Å². The van der Waals surface area contributed by atoms with Crippen LogP contribution in [0.3, 0.4) is 0 Å². The van der Waals surface area contributed by atoms with Crippen LogP contribution in [0.1, 0.15) is 10.6 Å². The zero-order valence-electron chi connectivity index (χ0n) is 20.2. The van der Waals surface area contributed by atoms with Gasteiger partial charge in [-0.25, -0.2) is 14.4 Å². The molecular formula is C26H29FN6O2S. The molecule has 0 radical (unpaired) electrons. The van der Waals surface area contributed by atoms with Gasteiger partial charge in [-0.3, -0.25) is 4.90 Å². The van der Waals surface area contributed by atoms with Gasteiger partial charge in [0.1, 0.15) is 29.4 Å². The fourth-order valence-corrected chi connectivity index (χ4v) is 5.18. The number of aryl methyl sites for hydroxylation is 2. The van der Waals surface area contributed by atoms with E-state index in [1.165, 1.54) is 12.1 Å². The Morgan fingerprint density at radius 1 is 0.917 bits per heavy atom. The van der Waals surface area contributed by atoms with Gasteiger partial charge in [-0.15, -0.1) is 0 Å². The van der Waals surface area contributed by atoms with E-state index in [0.717, 1.165) is 83.8 Å². The molecule has 0 bridgehead atoms. The van der Waals surface area contributed by atoms with Crippen LogP contribution in [-0.4, -0.2) is 66.3 Å². The van der Waals surface area contributed by atoms with Crippen LogP contribution < -0.4 is 20.1 Å². The van der Waals surface area contributed by atoms with E-state index in [2.05, 4.69) is 19.8 Å². The molecule has 0 unspecified atom stereocenters. The van der Waals surface area contributed by atoms with Gasteiger partial charge in [0.05, 0.1) is 12.1 Å². The van der Waals surface area contributed by atoms with Crippen molar-refractivity contribution < 1.29 is 13.9 Å². The highest BCUT2D eigenvalue weighted by Gasteiger charge is 2.22. The van der Waals surface area contributed by atoms with Gasteiger partial charge in [0, 0.05) is 39.1 Å². The van der Waals surface area contributed by atoms with Gasteiger partial charge in [-0.1, -0.05) is 23.5 Å². The molecule has 0 amide bonds. The molecule has 3 heterocycles. The molecule has 1 saturated heterocycles. The first-order chi connectivity index (χ1) is 17.6. The van der Waals surface area contributed by atoms with Crippen LogP contribution in [0.15, 0.2) is 48.5 Å². The van der Waals surface area contributed by atoms with Crippen molar-refractivity contribution in [2.45, 2.75) is 12.8 Å². The molecule has 10 heteroatoms. The first-order valence-corrected chi connectivity index (χ1v) is 12.8.